The zero-order valence-electron chi connectivity index (χ0n) is 9.80. The lowest BCUT2D eigenvalue weighted by Crippen LogP contribution is -2.13. The third-order valence-corrected chi connectivity index (χ3v) is 3.32. The van der Waals surface area contributed by atoms with Crippen LogP contribution >= 0.6 is 11.5 Å². The van der Waals surface area contributed by atoms with E-state index in [1.165, 1.54) is 11.5 Å². The van der Waals surface area contributed by atoms with E-state index in [4.69, 9.17) is 0 Å². The highest BCUT2D eigenvalue weighted by molar-refractivity contribution is 7.06. The van der Waals surface area contributed by atoms with Gasteiger partial charge in [0.05, 0.1) is 4.88 Å². The molecule has 1 aromatic heterocycles. The van der Waals surface area contributed by atoms with Crippen LogP contribution in [0.5, 0.6) is 5.75 Å². The van der Waals surface area contributed by atoms with Gasteiger partial charge in [0.2, 0.25) is 0 Å². The second-order valence-electron chi connectivity index (χ2n) is 5.71. The van der Waals surface area contributed by atoms with Crippen molar-refractivity contribution in [1.82, 2.24) is 4.37 Å². The van der Waals surface area contributed by atoms with Crippen LogP contribution in [0.2, 0.25) is 0 Å². The van der Waals surface area contributed by atoms with Gasteiger partial charge in [0.25, 0.3) is 0 Å². The molecule has 0 atom stereocenters. The van der Waals surface area contributed by atoms with Crippen molar-refractivity contribution in [1.29, 1.82) is 0 Å². The maximum Gasteiger partial charge on any atom is 0.153 e. The van der Waals surface area contributed by atoms with Crippen LogP contribution in [0, 0.1) is 0 Å². The van der Waals surface area contributed by atoms with Crippen LogP contribution in [0.1, 0.15) is 52.1 Å². The number of aromatic nitrogens is 1. The Morgan fingerprint density at radius 3 is 1.71 bits per heavy atom. The van der Waals surface area contributed by atoms with E-state index >= 15 is 0 Å². The van der Waals surface area contributed by atoms with Crippen LogP contribution in [0.25, 0.3) is 0 Å². The molecule has 1 rings (SSSR count). The van der Waals surface area contributed by atoms with Gasteiger partial charge in [-0.2, -0.15) is 4.37 Å². The monoisotopic (exact) mass is 213 g/mol. The molecule has 0 saturated heterocycles. The summed E-state index contributed by atoms with van der Waals surface area (Å²) in [5.41, 5.74) is 0.711. The molecule has 0 saturated carbocycles. The summed E-state index contributed by atoms with van der Waals surface area (Å²) in [6.45, 7) is 12.5. The van der Waals surface area contributed by atoms with Gasteiger partial charge in [-0.05, 0) is 11.5 Å². The highest BCUT2D eigenvalue weighted by atomic mass is 32.1. The first-order valence-electron chi connectivity index (χ1n) is 4.83. The van der Waals surface area contributed by atoms with E-state index < -0.39 is 0 Å². The predicted octanol–water partition coefficient (Wildman–Crippen LogP) is 3.44. The van der Waals surface area contributed by atoms with Gasteiger partial charge in [-0.1, -0.05) is 41.5 Å². The molecule has 0 amide bonds. The standard InChI is InChI=1S/C11H19NOS/c1-10(2,3)8-7(13)9(14-12-8)11(4,5)6/h13H,1-6H3. The molecular weight excluding hydrogens is 194 g/mol. The number of hydrogen-bond acceptors (Lipinski definition) is 3. The summed E-state index contributed by atoms with van der Waals surface area (Å²) in [4.78, 5) is 0.974. The highest BCUT2D eigenvalue weighted by Gasteiger charge is 2.29. The summed E-state index contributed by atoms with van der Waals surface area (Å²) in [6, 6.07) is 0. The predicted molar refractivity (Wildman–Crippen MR) is 61.2 cm³/mol. The molecule has 0 aromatic carbocycles. The molecular formula is C11H19NOS. The summed E-state index contributed by atoms with van der Waals surface area (Å²) in [6.07, 6.45) is 0. The van der Waals surface area contributed by atoms with E-state index in [0.29, 0.717) is 5.75 Å². The average Bonchev–Trinajstić information content (AvgIpc) is 2.26. The van der Waals surface area contributed by atoms with Gasteiger partial charge in [-0.3, -0.25) is 0 Å². The maximum absolute atomic E-state index is 10.0. The molecule has 0 aliphatic rings. The fourth-order valence-corrected chi connectivity index (χ4v) is 2.27. The first-order chi connectivity index (χ1) is 6.14. The first kappa shape index (κ1) is 11.5. The van der Waals surface area contributed by atoms with Gasteiger partial charge in [-0.15, -0.1) is 0 Å². The van der Waals surface area contributed by atoms with Gasteiger partial charge in [-0.25, -0.2) is 0 Å². The van der Waals surface area contributed by atoms with Gasteiger partial charge in [0, 0.05) is 10.8 Å². The Hall–Kier alpha value is -0.570. The molecule has 1 aromatic rings. The molecule has 2 nitrogen and oxygen atoms in total. The van der Waals surface area contributed by atoms with Crippen LogP contribution in [0.3, 0.4) is 0 Å². The Labute approximate surface area is 90.1 Å². The second-order valence-corrected chi connectivity index (χ2v) is 6.48. The van der Waals surface area contributed by atoms with E-state index in [0.717, 1.165) is 10.6 Å². The largest absolute Gasteiger partial charge is 0.505 e. The minimum Gasteiger partial charge on any atom is -0.505 e. The number of aromatic hydroxyl groups is 1. The number of hydrogen-bond donors (Lipinski definition) is 1. The van der Waals surface area contributed by atoms with Crippen LogP contribution in [0.4, 0.5) is 0 Å². The lowest BCUT2D eigenvalue weighted by Gasteiger charge is -2.18. The zero-order valence-corrected chi connectivity index (χ0v) is 10.6. The van der Waals surface area contributed by atoms with Crippen molar-refractivity contribution in [3.63, 3.8) is 0 Å². The highest BCUT2D eigenvalue weighted by Crippen LogP contribution is 2.40. The van der Waals surface area contributed by atoms with E-state index in [9.17, 15) is 5.11 Å². The minimum atomic E-state index is -0.0793. The van der Waals surface area contributed by atoms with Crippen LogP contribution in [-0.2, 0) is 10.8 Å². The Kier molecular flexibility index (Phi) is 2.65. The SMILES string of the molecule is CC(C)(C)c1nsc(C(C)(C)C)c1O. The van der Waals surface area contributed by atoms with Crippen LogP contribution < -0.4 is 0 Å². The van der Waals surface area contributed by atoms with E-state index in [1.807, 2.05) is 0 Å². The van der Waals surface area contributed by atoms with E-state index in [2.05, 4.69) is 45.9 Å². The quantitative estimate of drug-likeness (QED) is 0.716. The van der Waals surface area contributed by atoms with E-state index in [1.54, 1.807) is 0 Å². The smallest absolute Gasteiger partial charge is 0.153 e. The van der Waals surface area contributed by atoms with Crippen molar-refractivity contribution in [3.05, 3.63) is 10.6 Å². The molecule has 3 heteroatoms. The molecule has 14 heavy (non-hydrogen) atoms. The van der Waals surface area contributed by atoms with E-state index in [-0.39, 0.29) is 10.8 Å². The van der Waals surface area contributed by atoms with Crippen molar-refractivity contribution >= 4 is 11.5 Å². The maximum atomic E-state index is 10.0. The molecule has 0 spiro atoms. The molecule has 0 aliphatic carbocycles. The van der Waals surface area contributed by atoms with Crippen molar-refractivity contribution in [3.8, 4) is 5.75 Å². The van der Waals surface area contributed by atoms with Crippen molar-refractivity contribution in [2.75, 3.05) is 0 Å². The van der Waals surface area contributed by atoms with Crippen molar-refractivity contribution in [2.45, 2.75) is 52.4 Å². The van der Waals surface area contributed by atoms with Crippen molar-refractivity contribution in [2.24, 2.45) is 0 Å². The topological polar surface area (TPSA) is 33.1 Å². The normalized spacial score (nSPS) is 13.3. The lowest BCUT2D eigenvalue weighted by molar-refractivity contribution is 0.426. The van der Waals surface area contributed by atoms with Gasteiger partial charge in [0.15, 0.2) is 5.75 Å². The summed E-state index contributed by atoms with van der Waals surface area (Å²) in [5.74, 6) is 0.384. The minimum absolute atomic E-state index is 0.0226. The molecule has 1 N–H and O–H groups in total. The van der Waals surface area contributed by atoms with Gasteiger partial charge >= 0.3 is 0 Å². The fourth-order valence-electron chi connectivity index (χ4n) is 1.27. The Bertz CT molecular complexity index is 297. The molecule has 0 aliphatic heterocycles. The number of rotatable bonds is 0. The van der Waals surface area contributed by atoms with Crippen LogP contribution in [-0.4, -0.2) is 9.48 Å². The Balaban J connectivity index is 3.23. The Morgan fingerprint density at radius 2 is 1.50 bits per heavy atom. The first-order valence-corrected chi connectivity index (χ1v) is 5.61. The molecule has 0 unspecified atom stereocenters. The van der Waals surface area contributed by atoms with Crippen molar-refractivity contribution < 1.29 is 5.11 Å². The molecule has 0 fully saturated rings. The molecule has 0 radical (unpaired) electrons. The van der Waals surface area contributed by atoms with Gasteiger partial charge in [0.1, 0.15) is 5.69 Å². The summed E-state index contributed by atoms with van der Waals surface area (Å²) in [5, 5.41) is 10.0. The third-order valence-electron chi connectivity index (χ3n) is 2.06. The third kappa shape index (κ3) is 2.08. The van der Waals surface area contributed by atoms with Gasteiger partial charge < -0.3 is 5.11 Å². The Morgan fingerprint density at radius 1 is 1.00 bits per heavy atom. The summed E-state index contributed by atoms with van der Waals surface area (Å²) < 4.78 is 4.35. The summed E-state index contributed by atoms with van der Waals surface area (Å²) in [7, 11) is 0. The molecule has 0 bridgehead atoms. The average molecular weight is 213 g/mol. The van der Waals surface area contributed by atoms with Crippen LogP contribution in [0.15, 0.2) is 0 Å². The zero-order chi connectivity index (χ0) is 11.1. The summed E-state index contributed by atoms with van der Waals surface area (Å²) >= 11 is 1.41. The fraction of sp³-hybridized carbons (Fsp3) is 0.727. The lowest BCUT2D eigenvalue weighted by atomic mass is 9.88. The number of nitrogens with zero attached hydrogens (tertiary/aromatic N) is 1. The molecule has 80 valence electrons. The second kappa shape index (κ2) is 3.23. The molecule has 1 heterocycles.